The van der Waals surface area contributed by atoms with Crippen molar-refractivity contribution in [3.63, 3.8) is 0 Å². The highest BCUT2D eigenvalue weighted by atomic mass is 16.3. The van der Waals surface area contributed by atoms with Gasteiger partial charge in [0.1, 0.15) is 6.54 Å². The zero-order valence-corrected chi connectivity index (χ0v) is 12.6. The summed E-state index contributed by atoms with van der Waals surface area (Å²) in [6.45, 7) is 0.524. The molecule has 116 valence electrons. The van der Waals surface area contributed by atoms with Crippen LogP contribution in [0.4, 0.5) is 0 Å². The lowest BCUT2D eigenvalue weighted by molar-refractivity contribution is -0.131. The number of hydrogen-bond donors (Lipinski definition) is 1. The summed E-state index contributed by atoms with van der Waals surface area (Å²) >= 11 is 0. The molecule has 22 heavy (non-hydrogen) atoms. The highest BCUT2D eigenvalue weighted by Gasteiger charge is 2.31. The maximum absolute atomic E-state index is 12.3. The Morgan fingerprint density at radius 1 is 1.36 bits per heavy atom. The second-order valence-corrected chi connectivity index (χ2v) is 6.00. The SMILES string of the molecule is CN(CC(O)C1CC1)C(=O)Cn1ccc(=O)c2ccccc21. The van der Waals surface area contributed by atoms with Crippen molar-refractivity contribution in [3.8, 4) is 0 Å². The molecule has 1 unspecified atom stereocenters. The number of fused-ring (bicyclic) bond motifs is 1. The molecule has 3 rings (SSSR count). The Hall–Kier alpha value is -2.14. The number of aliphatic hydroxyl groups is 1. The number of aromatic nitrogens is 1. The summed E-state index contributed by atoms with van der Waals surface area (Å²) in [5.74, 6) is 0.275. The molecule has 0 radical (unpaired) electrons. The van der Waals surface area contributed by atoms with E-state index in [0.717, 1.165) is 18.4 Å². The summed E-state index contributed by atoms with van der Waals surface area (Å²) in [7, 11) is 1.71. The Morgan fingerprint density at radius 2 is 2.09 bits per heavy atom. The number of aliphatic hydroxyl groups excluding tert-OH is 1. The molecule has 1 fully saturated rings. The molecule has 1 aromatic carbocycles. The van der Waals surface area contributed by atoms with Gasteiger partial charge in [-0.05, 0) is 30.9 Å². The van der Waals surface area contributed by atoms with Gasteiger partial charge in [0, 0.05) is 31.2 Å². The Kier molecular flexibility index (Phi) is 3.98. The summed E-state index contributed by atoms with van der Waals surface area (Å²) < 4.78 is 1.78. The zero-order valence-electron chi connectivity index (χ0n) is 12.6. The highest BCUT2D eigenvalue weighted by molar-refractivity contribution is 5.82. The normalized spacial score (nSPS) is 15.7. The van der Waals surface area contributed by atoms with Crippen LogP contribution >= 0.6 is 0 Å². The van der Waals surface area contributed by atoms with Gasteiger partial charge < -0.3 is 14.6 Å². The summed E-state index contributed by atoms with van der Waals surface area (Å²) in [5, 5.41) is 10.6. The molecule has 1 atom stereocenters. The molecule has 1 aliphatic rings. The van der Waals surface area contributed by atoms with Crippen molar-refractivity contribution in [2.75, 3.05) is 13.6 Å². The summed E-state index contributed by atoms with van der Waals surface area (Å²) in [5.41, 5.74) is 0.705. The van der Waals surface area contributed by atoms with E-state index in [4.69, 9.17) is 0 Å². The monoisotopic (exact) mass is 300 g/mol. The Morgan fingerprint density at radius 3 is 2.82 bits per heavy atom. The van der Waals surface area contributed by atoms with Crippen molar-refractivity contribution in [1.29, 1.82) is 0 Å². The molecule has 1 saturated carbocycles. The van der Waals surface area contributed by atoms with Crippen molar-refractivity contribution in [2.45, 2.75) is 25.5 Å². The number of carbonyl (C=O) groups is 1. The van der Waals surface area contributed by atoms with Gasteiger partial charge in [0.25, 0.3) is 0 Å². The van der Waals surface area contributed by atoms with E-state index in [1.807, 2.05) is 18.2 Å². The lowest BCUT2D eigenvalue weighted by Gasteiger charge is -2.21. The topological polar surface area (TPSA) is 62.5 Å². The maximum Gasteiger partial charge on any atom is 0.242 e. The van der Waals surface area contributed by atoms with Crippen LogP contribution < -0.4 is 5.43 Å². The quantitative estimate of drug-likeness (QED) is 0.903. The number of rotatable bonds is 5. The van der Waals surface area contributed by atoms with E-state index < -0.39 is 6.10 Å². The van der Waals surface area contributed by atoms with Crippen molar-refractivity contribution in [1.82, 2.24) is 9.47 Å². The van der Waals surface area contributed by atoms with E-state index in [9.17, 15) is 14.7 Å². The summed E-state index contributed by atoms with van der Waals surface area (Å²) in [6, 6.07) is 8.74. The van der Waals surface area contributed by atoms with Crippen molar-refractivity contribution in [3.05, 3.63) is 46.8 Å². The largest absolute Gasteiger partial charge is 0.391 e. The van der Waals surface area contributed by atoms with Gasteiger partial charge in [0.15, 0.2) is 5.43 Å². The lowest BCUT2D eigenvalue weighted by Crippen LogP contribution is -2.37. The van der Waals surface area contributed by atoms with Crippen LogP contribution in [0.1, 0.15) is 12.8 Å². The zero-order chi connectivity index (χ0) is 15.7. The van der Waals surface area contributed by atoms with Gasteiger partial charge in [0.2, 0.25) is 5.91 Å². The number of likely N-dealkylation sites (N-methyl/N-ethyl adjacent to an activating group) is 1. The van der Waals surface area contributed by atoms with E-state index in [2.05, 4.69) is 0 Å². The van der Waals surface area contributed by atoms with Crippen LogP contribution in [-0.4, -0.2) is 40.2 Å². The molecule has 0 spiro atoms. The van der Waals surface area contributed by atoms with Crippen LogP contribution in [0.15, 0.2) is 41.3 Å². The predicted molar refractivity (Wildman–Crippen MR) is 84.6 cm³/mol. The van der Waals surface area contributed by atoms with Crippen LogP contribution in [0.5, 0.6) is 0 Å². The first kappa shape index (κ1) is 14.8. The first-order chi connectivity index (χ1) is 10.6. The average Bonchev–Trinajstić information content (AvgIpc) is 3.35. The molecule has 0 saturated heterocycles. The van der Waals surface area contributed by atoms with Gasteiger partial charge in [0.05, 0.1) is 11.6 Å². The van der Waals surface area contributed by atoms with Crippen LogP contribution in [0.2, 0.25) is 0 Å². The maximum atomic E-state index is 12.3. The lowest BCUT2D eigenvalue weighted by atomic mass is 10.2. The van der Waals surface area contributed by atoms with E-state index >= 15 is 0 Å². The van der Waals surface area contributed by atoms with Crippen LogP contribution in [0, 0.1) is 5.92 Å². The Labute approximate surface area is 128 Å². The van der Waals surface area contributed by atoms with Gasteiger partial charge in [-0.1, -0.05) is 12.1 Å². The molecule has 1 amide bonds. The molecule has 0 aliphatic heterocycles. The molecular weight excluding hydrogens is 280 g/mol. The smallest absolute Gasteiger partial charge is 0.242 e. The third-order valence-electron chi connectivity index (χ3n) is 4.24. The molecular formula is C17H20N2O3. The molecule has 5 heteroatoms. The molecule has 1 heterocycles. The fraction of sp³-hybridized carbons (Fsp3) is 0.412. The Bertz CT molecular complexity index is 749. The van der Waals surface area contributed by atoms with Gasteiger partial charge in [-0.2, -0.15) is 0 Å². The molecule has 2 aromatic rings. The summed E-state index contributed by atoms with van der Waals surface area (Å²) in [4.78, 5) is 25.7. The standard InChI is InChI=1S/C17H20N2O3/c1-18(10-16(21)12-6-7-12)17(22)11-19-9-8-15(20)13-4-2-3-5-14(13)19/h2-5,8-9,12,16,21H,6-7,10-11H2,1H3. The minimum absolute atomic E-state index is 0.0446. The van der Waals surface area contributed by atoms with Gasteiger partial charge >= 0.3 is 0 Å². The van der Waals surface area contributed by atoms with Crippen molar-refractivity contribution in [2.24, 2.45) is 5.92 Å². The molecule has 1 aliphatic carbocycles. The third-order valence-corrected chi connectivity index (χ3v) is 4.24. The van der Waals surface area contributed by atoms with E-state index in [0.29, 0.717) is 17.8 Å². The molecule has 1 aromatic heterocycles. The first-order valence-corrected chi connectivity index (χ1v) is 7.56. The fourth-order valence-electron chi connectivity index (χ4n) is 2.68. The number of benzene rings is 1. The van der Waals surface area contributed by atoms with Crippen LogP contribution in [-0.2, 0) is 11.3 Å². The minimum atomic E-state index is -0.431. The molecule has 0 bridgehead atoms. The van der Waals surface area contributed by atoms with Crippen molar-refractivity contribution >= 4 is 16.8 Å². The predicted octanol–water partition coefficient (Wildman–Crippen LogP) is 1.23. The second kappa shape index (κ2) is 5.93. The second-order valence-electron chi connectivity index (χ2n) is 6.00. The van der Waals surface area contributed by atoms with E-state index in [-0.39, 0.29) is 17.9 Å². The Balaban J connectivity index is 1.76. The number of hydrogen-bond acceptors (Lipinski definition) is 3. The van der Waals surface area contributed by atoms with Gasteiger partial charge in [-0.25, -0.2) is 0 Å². The van der Waals surface area contributed by atoms with Crippen LogP contribution in [0.25, 0.3) is 10.9 Å². The van der Waals surface area contributed by atoms with Crippen molar-refractivity contribution < 1.29 is 9.90 Å². The number of amides is 1. The fourth-order valence-corrected chi connectivity index (χ4v) is 2.68. The highest BCUT2D eigenvalue weighted by Crippen LogP contribution is 2.32. The summed E-state index contributed by atoms with van der Waals surface area (Å²) in [6.07, 6.45) is 3.31. The number of nitrogens with zero attached hydrogens (tertiary/aromatic N) is 2. The van der Waals surface area contributed by atoms with Crippen LogP contribution in [0.3, 0.4) is 0 Å². The number of carbonyl (C=O) groups excluding carboxylic acids is 1. The molecule has 1 N–H and O–H groups in total. The first-order valence-electron chi connectivity index (χ1n) is 7.56. The number of para-hydroxylation sites is 1. The average molecular weight is 300 g/mol. The van der Waals surface area contributed by atoms with E-state index in [1.165, 1.54) is 6.07 Å². The van der Waals surface area contributed by atoms with E-state index in [1.54, 1.807) is 28.8 Å². The minimum Gasteiger partial charge on any atom is -0.391 e. The van der Waals surface area contributed by atoms with Gasteiger partial charge in [-0.15, -0.1) is 0 Å². The molecule has 5 nitrogen and oxygen atoms in total. The van der Waals surface area contributed by atoms with Gasteiger partial charge in [-0.3, -0.25) is 9.59 Å². The third kappa shape index (κ3) is 3.04. The number of pyridine rings is 1.